The number of ether oxygens (including phenoxy) is 1. The lowest BCUT2D eigenvalue weighted by Gasteiger charge is -1.99. The number of carbonyl (C=O) groups is 1. The summed E-state index contributed by atoms with van der Waals surface area (Å²) < 4.78 is 4.85. The van der Waals surface area contributed by atoms with Gasteiger partial charge in [-0.2, -0.15) is 0 Å². The molecular weight excluding hydrogens is 200 g/mol. The van der Waals surface area contributed by atoms with Gasteiger partial charge in [0.25, 0.3) is 0 Å². The Morgan fingerprint density at radius 3 is 2.38 bits per heavy atom. The SMILES string of the molecule is CCC/C=C/C=C/CCCCCOC(C)=O. The third-order valence-electron chi connectivity index (χ3n) is 2.16. The van der Waals surface area contributed by atoms with E-state index < -0.39 is 0 Å². The summed E-state index contributed by atoms with van der Waals surface area (Å²) in [6.45, 7) is 4.19. The summed E-state index contributed by atoms with van der Waals surface area (Å²) >= 11 is 0. The molecule has 2 nitrogen and oxygen atoms in total. The molecule has 0 saturated heterocycles. The van der Waals surface area contributed by atoms with Crippen LogP contribution in [0.2, 0.25) is 0 Å². The Bertz CT molecular complexity index is 217. The highest BCUT2D eigenvalue weighted by Crippen LogP contribution is 2.01. The van der Waals surface area contributed by atoms with Gasteiger partial charge in [0.2, 0.25) is 0 Å². The molecule has 0 aliphatic rings. The second-order valence-electron chi connectivity index (χ2n) is 3.83. The zero-order valence-electron chi connectivity index (χ0n) is 10.6. The van der Waals surface area contributed by atoms with E-state index in [4.69, 9.17) is 4.74 Å². The summed E-state index contributed by atoms with van der Waals surface area (Å²) in [5, 5.41) is 0. The molecule has 0 bridgehead atoms. The molecule has 92 valence electrons. The minimum Gasteiger partial charge on any atom is -0.466 e. The van der Waals surface area contributed by atoms with Crippen molar-refractivity contribution >= 4 is 5.97 Å². The van der Waals surface area contributed by atoms with Crippen molar-refractivity contribution < 1.29 is 9.53 Å². The zero-order valence-corrected chi connectivity index (χ0v) is 10.6. The summed E-state index contributed by atoms with van der Waals surface area (Å²) in [6.07, 6.45) is 15.3. The Labute approximate surface area is 99.4 Å². The molecule has 0 aliphatic heterocycles. The number of esters is 1. The molecule has 0 aliphatic carbocycles. The monoisotopic (exact) mass is 224 g/mol. The molecule has 0 heterocycles. The van der Waals surface area contributed by atoms with E-state index in [0.717, 1.165) is 25.7 Å². The minimum absolute atomic E-state index is 0.180. The first-order valence-corrected chi connectivity index (χ1v) is 6.22. The van der Waals surface area contributed by atoms with Gasteiger partial charge in [-0.15, -0.1) is 0 Å². The van der Waals surface area contributed by atoms with E-state index in [2.05, 4.69) is 31.2 Å². The lowest BCUT2D eigenvalue weighted by atomic mass is 10.2. The first-order chi connectivity index (χ1) is 7.77. The Morgan fingerprint density at radius 1 is 1.06 bits per heavy atom. The topological polar surface area (TPSA) is 26.3 Å². The number of carbonyl (C=O) groups excluding carboxylic acids is 1. The first kappa shape index (κ1) is 14.9. The van der Waals surface area contributed by atoms with Crippen LogP contribution in [0.4, 0.5) is 0 Å². The Morgan fingerprint density at radius 2 is 1.75 bits per heavy atom. The third kappa shape index (κ3) is 12.9. The maximum absolute atomic E-state index is 10.5. The fourth-order valence-corrected chi connectivity index (χ4v) is 1.27. The van der Waals surface area contributed by atoms with Crippen molar-refractivity contribution in [3.05, 3.63) is 24.3 Å². The van der Waals surface area contributed by atoms with Gasteiger partial charge in [-0.3, -0.25) is 4.79 Å². The van der Waals surface area contributed by atoms with Crippen LogP contribution >= 0.6 is 0 Å². The van der Waals surface area contributed by atoms with Crippen molar-refractivity contribution in [3.63, 3.8) is 0 Å². The summed E-state index contributed by atoms with van der Waals surface area (Å²) in [5.74, 6) is -0.180. The third-order valence-corrected chi connectivity index (χ3v) is 2.16. The number of rotatable bonds is 9. The van der Waals surface area contributed by atoms with Crippen LogP contribution in [-0.2, 0) is 9.53 Å². The van der Waals surface area contributed by atoms with Crippen LogP contribution in [0, 0.1) is 0 Å². The molecule has 0 fully saturated rings. The van der Waals surface area contributed by atoms with Gasteiger partial charge in [0.1, 0.15) is 0 Å². The van der Waals surface area contributed by atoms with Gasteiger partial charge in [-0.25, -0.2) is 0 Å². The number of allylic oxidation sites excluding steroid dienone is 4. The van der Waals surface area contributed by atoms with Gasteiger partial charge in [0.15, 0.2) is 0 Å². The predicted molar refractivity (Wildman–Crippen MR) is 68.3 cm³/mol. The molecular formula is C14H24O2. The van der Waals surface area contributed by atoms with Crippen LogP contribution in [-0.4, -0.2) is 12.6 Å². The Kier molecular flexibility index (Phi) is 11.2. The van der Waals surface area contributed by atoms with Crippen molar-refractivity contribution in [2.75, 3.05) is 6.61 Å². The van der Waals surface area contributed by atoms with Gasteiger partial charge in [0.05, 0.1) is 6.61 Å². The fraction of sp³-hybridized carbons (Fsp3) is 0.643. The van der Waals surface area contributed by atoms with Crippen molar-refractivity contribution in [3.8, 4) is 0 Å². The summed E-state index contributed by atoms with van der Waals surface area (Å²) in [5.41, 5.74) is 0. The summed E-state index contributed by atoms with van der Waals surface area (Å²) in [7, 11) is 0. The van der Waals surface area contributed by atoms with Crippen LogP contribution in [0.3, 0.4) is 0 Å². The number of unbranched alkanes of at least 4 members (excludes halogenated alkanes) is 4. The number of hydrogen-bond acceptors (Lipinski definition) is 2. The molecule has 0 saturated carbocycles. The number of hydrogen-bond donors (Lipinski definition) is 0. The second kappa shape index (κ2) is 12.0. The molecule has 0 aromatic carbocycles. The molecule has 0 rings (SSSR count). The van der Waals surface area contributed by atoms with Crippen LogP contribution in [0.1, 0.15) is 52.4 Å². The molecule has 0 spiro atoms. The highest BCUT2D eigenvalue weighted by atomic mass is 16.5. The largest absolute Gasteiger partial charge is 0.466 e. The van der Waals surface area contributed by atoms with Crippen molar-refractivity contribution in [1.82, 2.24) is 0 Å². The van der Waals surface area contributed by atoms with E-state index in [-0.39, 0.29) is 5.97 Å². The maximum Gasteiger partial charge on any atom is 0.302 e. The van der Waals surface area contributed by atoms with Gasteiger partial charge in [-0.05, 0) is 32.1 Å². The van der Waals surface area contributed by atoms with Crippen molar-refractivity contribution in [2.45, 2.75) is 52.4 Å². The van der Waals surface area contributed by atoms with Gasteiger partial charge < -0.3 is 4.74 Å². The normalized spacial score (nSPS) is 11.4. The highest BCUT2D eigenvalue weighted by Gasteiger charge is 1.91. The lowest BCUT2D eigenvalue weighted by Crippen LogP contribution is -1.99. The molecule has 0 aromatic heterocycles. The molecule has 2 heteroatoms. The molecule has 0 atom stereocenters. The Balaban J connectivity index is 3.17. The zero-order chi connectivity index (χ0) is 12.1. The Hall–Kier alpha value is -1.05. The van der Waals surface area contributed by atoms with Crippen molar-refractivity contribution in [2.24, 2.45) is 0 Å². The van der Waals surface area contributed by atoms with E-state index in [0.29, 0.717) is 6.61 Å². The summed E-state index contributed by atoms with van der Waals surface area (Å²) in [6, 6.07) is 0. The van der Waals surface area contributed by atoms with Crippen LogP contribution in [0.25, 0.3) is 0 Å². The average molecular weight is 224 g/mol. The predicted octanol–water partition coefficient (Wildman–Crippen LogP) is 4.02. The standard InChI is InChI=1S/C14H24O2/c1-3-4-5-6-7-8-9-10-11-12-13-16-14(2)15/h5-8H,3-4,9-13H2,1-2H3/b6-5+,8-7+. The van der Waals surface area contributed by atoms with E-state index in [1.807, 2.05) is 0 Å². The smallest absolute Gasteiger partial charge is 0.302 e. The van der Waals surface area contributed by atoms with Gasteiger partial charge >= 0.3 is 5.97 Å². The highest BCUT2D eigenvalue weighted by molar-refractivity contribution is 5.65. The van der Waals surface area contributed by atoms with Crippen LogP contribution < -0.4 is 0 Å². The van der Waals surface area contributed by atoms with Crippen LogP contribution in [0.15, 0.2) is 24.3 Å². The fourth-order valence-electron chi connectivity index (χ4n) is 1.27. The van der Waals surface area contributed by atoms with E-state index in [9.17, 15) is 4.79 Å². The first-order valence-electron chi connectivity index (χ1n) is 6.22. The quantitative estimate of drug-likeness (QED) is 0.336. The van der Waals surface area contributed by atoms with E-state index in [1.165, 1.54) is 19.8 Å². The molecule has 0 aromatic rings. The van der Waals surface area contributed by atoms with Gasteiger partial charge in [-0.1, -0.05) is 37.6 Å². The molecule has 0 radical (unpaired) electrons. The average Bonchev–Trinajstić information content (AvgIpc) is 2.25. The summed E-state index contributed by atoms with van der Waals surface area (Å²) in [4.78, 5) is 10.5. The van der Waals surface area contributed by atoms with Crippen molar-refractivity contribution in [1.29, 1.82) is 0 Å². The molecule has 0 unspecified atom stereocenters. The molecule has 0 N–H and O–H groups in total. The molecule has 16 heavy (non-hydrogen) atoms. The van der Waals surface area contributed by atoms with E-state index >= 15 is 0 Å². The van der Waals surface area contributed by atoms with Crippen LogP contribution in [0.5, 0.6) is 0 Å². The van der Waals surface area contributed by atoms with E-state index in [1.54, 1.807) is 0 Å². The molecule has 0 amide bonds. The second-order valence-corrected chi connectivity index (χ2v) is 3.83. The minimum atomic E-state index is -0.180. The van der Waals surface area contributed by atoms with Gasteiger partial charge in [0, 0.05) is 6.92 Å². The lowest BCUT2D eigenvalue weighted by molar-refractivity contribution is -0.141. The maximum atomic E-state index is 10.5.